The number of nitrogens with one attached hydrogen (secondary N) is 1. The molecule has 142 valence electrons. The molecule has 4 aromatic rings. The molecule has 4 rings (SSSR count). The van der Waals surface area contributed by atoms with Crippen molar-refractivity contribution in [3.8, 4) is 11.5 Å². The minimum atomic E-state index is 0.754. The highest BCUT2D eigenvalue weighted by Crippen LogP contribution is 2.29. The third-order valence-electron chi connectivity index (χ3n) is 4.65. The van der Waals surface area contributed by atoms with E-state index in [1.807, 2.05) is 78.8 Å². The van der Waals surface area contributed by atoms with Gasteiger partial charge in [0.1, 0.15) is 28.8 Å². The molecule has 7 heteroatoms. The second-order valence-electron chi connectivity index (χ2n) is 6.66. The van der Waals surface area contributed by atoms with E-state index in [1.165, 1.54) is 0 Å². The normalized spacial score (nSPS) is 11.8. The summed E-state index contributed by atoms with van der Waals surface area (Å²) >= 11 is 0. The van der Waals surface area contributed by atoms with Gasteiger partial charge in [-0.3, -0.25) is 4.99 Å². The van der Waals surface area contributed by atoms with E-state index in [2.05, 4.69) is 20.4 Å². The first-order valence-electron chi connectivity index (χ1n) is 8.99. The van der Waals surface area contributed by atoms with Crippen molar-refractivity contribution in [2.75, 3.05) is 12.4 Å². The second-order valence-corrected chi connectivity index (χ2v) is 6.66. The first kappa shape index (κ1) is 17.8. The van der Waals surface area contributed by atoms with Crippen molar-refractivity contribution in [3.05, 3.63) is 71.7 Å². The number of hydrogen-bond donors (Lipinski definition) is 1. The standard InChI is InChI=1S/C21H22N6O/c1-14-7-10-27-20(14)21(23-13-24-27)25-16-5-6-18(15(2)11-16)28-17-8-9-26(4)19(12-17)22-3/h5-13H,1-4H3,(H,23,24,25). The van der Waals surface area contributed by atoms with Crippen molar-refractivity contribution in [3.63, 3.8) is 0 Å². The third kappa shape index (κ3) is 3.34. The lowest BCUT2D eigenvalue weighted by Crippen LogP contribution is -2.16. The third-order valence-corrected chi connectivity index (χ3v) is 4.65. The summed E-state index contributed by atoms with van der Waals surface area (Å²) in [7, 11) is 3.72. The van der Waals surface area contributed by atoms with Gasteiger partial charge in [-0.1, -0.05) is 0 Å². The van der Waals surface area contributed by atoms with Crippen molar-refractivity contribution in [1.82, 2.24) is 19.2 Å². The fraction of sp³-hybridized carbons (Fsp3) is 0.190. The first-order valence-corrected chi connectivity index (χ1v) is 8.99. The van der Waals surface area contributed by atoms with Gasteiger partial charge in [-0.15, -0.1) is 0 Å². The Morgan fingerprint density at radius 3 is 2.68 bits per heavy atom. The van der Waals surface area contributed by atoms with Gasteiger partial charge in [0.05, 0.1) is 0 Å². The predicted molar refractivity (Wildman–Crippen MR) is 109 cm³/mol. The number of benzene rings is 1. The Morgan fingerprint density at radius 2 is 1.89 bits per heavy atom. The van der Waals surface area contributed by atoms with E-state index in [9.17, 15) is 0 Å². The summed E-state index contributed by atoms with van der Waals surface area (Å²) < 4.78 is 9.82. The molecule has 0 bridgehead atoms. The van der Waals surface area contributed by atoms with E-state index in [0.717, 1.165) is 45.1 Å². The van der Waals surface area contributed by atoms with Gasteiger partial charge in [0.25, 0.3) is 0 Å². The van der Waals surface area contributed by atoms with Crippen LogP contribution in [-0.4, -0.2) is 26.2 Å². The Hall–Kier alpha value is -3.61. The molecule has 0 fully saturated rings. The average molecular weight is 374 g/mol. The van der Waals surface area contributed by atoms with Crippen LogP contribution in [0.5, 0.6) is 11.5 Å². The zero-order valence-electron chi connectivity index (χ0n) is 16.3. The van der Waals surface area contributed by atoms with Gasteiger partial charge in [0, 0.05) is 38.2 Å². The van der Waals surface area contributed by atoms with Crippen molar-refractivity contribution in [1.29, 1.82) is 0 Å². The van der Waals surface area contributed by atoms with Crippen molar-refractivity contribution < 1.29 is 4.74 Å². The number of rotatable bonds is 4. The number of ether oxygens (including phenoxy) is 1. The van der Waals surface area contributed by atoms with Crippen LogP contribution >= 0.6 is 0 Å². The lowest BCUT2D eigenvalue weighted by Gasteiger charge is -2.13. The average Bonchev–Trinajstić information content (AvgIpc) is 3.07. The minimum Gasteiger partial charge on any atom is -0.457 e. The number of anilines is 2. The predicted octanol–water partition coefficient (Wildman–Crippen LogP) is 3.75. The van der Waals surface area contributed by atoms with Crippen molar-refractivity contribution >= 4 is 17.0 Å². The number of aryl methyl sites for hydroxylation is 3. The van der Waals surface area contributed by atoms with Crippen LogP contribution < -0.4 is 15.5 Å². The Balaban J connectivity index is 1.60. The summed E-state index contributed by atoms with van der Waals surface area (Å²) in [6.07, 6.45) is 5.41. The topological polar surface area (TPSA) is 68.7 Å². The fourth-order valence-electron chi connectivity index (χ4n) is 3.13. The van der Waals surface area contributed by atoms with E-state index < -0.39 is 0 Å². The van der Waals surface area contributed by atoms with E-state index in [-0.39, 0.29) is 0 Å². The Morgan fingerprint density at radius 1 is 1.04 bits per heavy atom. The molecule has 28 heavy (non-hydrogen) atoms. The molecule has 0 amide bonds. The number of fused-ring (bicyclic) bond motifs is 1. The summed E-state index contributed by atoms with van der Waals surface area (Å²) in [4.78, 5) is 8.64. The minimum absolute atomic E-state index is 0.754. The summed E-state index contributed by atoms with van der Waals surface area (Å²) in [5, 5.41) is 7.62. The quantitative estimate of drug-likeness (QED) is 0.591. The zero-order chi connectivity index (χ0) is 19.7. The van der Waals surface area contributed by atoms with Gasteiger partial charge in [-0.25, -0.2) is 9.50 Å². The lowest BCUT2D eigenvalue weighted by atomic mass is 10.2. The van der Waals surface area contributed by atoms with Crippen molar-refractivity contribution in [2.24, 2.45) is 12.0 Å². The van der Waals surface area contributed by atoms with Gasteiger partial charge in [0.2, 0.25) is 0 Å². The second kappa shape index (κ2) is 7.19. The Bertz CT molecular complexity index is 1220. The maximum Gasteiger partial charge on any atom is 0.158 e. The molecule has 0 saturated carbocycles. The highest BCUT2D eigenvalue weighted by atomic mass is 16.5. The molecule has 0 aliphatic heterocycles. The number of pyridine rings is 1. The number of hydrogen-bond acceptors (Lipinski definition) is 5. The molecule has 3 heterocycles. The molecule has 0 atom stereocenters. The summed E-state index contributed by atoms with van der Waals surface area (Å²) in [5.74, 6) is 2.33. The van der Waals surface area contributed by atoms with Crippen LogP contribution in [0.25, 0.3) is 5.52 Å². The summed E-state index contributed by atoms with van der Waals surface area (Å²) in [5.41, 5.74) is 4.89. The van der Waals surface area contributed by atoms with E-state index in [1.54, 1.807) is 13.4 Å². The number of aromatic nitrogens is 4. The highest BCUT2D eigenvalue weighted by Gasteiger charge is 2.09. The monoisotopic (exact) mass is 374 g/mol. The highest BCUT2D eigenvalue weighted by molar-refractivity contribution is 5.76. The van der Waals surface area contributed by atoms with Crippen molar-refractivity contribution in [2.45, 2.75) is 13.8 Å². The molecular formula is C21H22N6O. The maximum atomic E-state index is 6.06. The van der Waals surface area contributed by atoms with Crippen LogP contribution in [0.2, 0.25) is 0 Å². The van der Waals surface area contributed by atoms with Gasteiger partial charge >= 0.3 is 0 Å². The van der Waals surface area contributed by atoms with E-state index in [0.29, 0.717) is 0 Å². The van der Waals surface area contributed by atoms with E-state index in [4.69, 9.17) is 4.74 Å². The Kier molecular flexibility index (Phi) is 4.57. The molecule has 0 aliphatic carbocycles. The molecule has 0 unspecified atom stereocenters. The van der Waals surface area contributed by atoms with E-state index >= 15 is 0 Å². The summed E-state index contributed by atoms with van der Waals surface area (Å²) in [6, 6.07) is 11.8. The molecule has 3 aromatic heterocycles. The summed E-state index contributed by atoms with van der Waals surface area (Å²) in [6.45, 7) is 4.06. The van der Waals surface area contributed by atoms with Crippen LogP contribution in [0.4, 0.5) is 11.5 Å². The molecular weight excluding hydrogens is 352 g/mol. The van der Waals surface area contributed by atoms with Crippen LogP contribution in [0.3, 0.4) is 0 Å². The molecule has 7 nitrogen and oxygen atoms in total. The molecule has 1 aromatic carbocycles. The molecule has 0 spiro atoms. The zero-order valence-corrected chi connectivity index (χ0v) is 16.3. The smallest absolute Gasteiger partial charge is 0.158 e. The van der Waals surface area contributed by atoms with Gasteiger partial charge < -0.3 is 14.6 Å². The lowest BCUT2D eigenvalue weighted by molar-refractivity contribution is 0.475. The SMILES string of the molecule is CN=c1cc(Oc2ccc(Nc3ncnn4ccc(C)c34)cc2C)ccn1C. The Labute approximate surface area is 163 Å². The van der Waals surface area contributed by atoms with Gasteiger partial charge in [-0.2, -0.15) is 5.10 Å². The first-order chi connectivity index (χ1) is 13.5. The van der Waals surface area contributed by atoms with Gasteiger partial charge in [-0.05, 0) is 55.3 Å². The van der Waals surface area contributed by atoms with Gasteiger partial charge in [0.15, 0.2) is 5.82 Å². The molecule has 1 N–H and O–H groups in total. The van der Waals surface area contributed by atoms with Crippen LogP contribution in [0, 0.1) is 13.8 Å². The number of nitrogens with zero attached hydrogens (tertiary/aromatic N) is 5. The van der Waals surface area contributed by atoms with Crippen LogP contribution in [0.1, 0.15) is 11.1 Å². The largest absolute Gasteiger partial charge is 0.457 e. The fourth-order valence-corrected chi connectivity index (χ4v) is 3.13. The van der Waals surface area contributed by atoms with Crippen LogP contribution in [-0.2, 0) is 7.05 Å². The molecule has 0 saturated heterocycles. The maximum absolute atomic E-state index is 6.06. The molecule has 0 aliphatic rings. The molecule has 0 radical (unpaired) electrons. The van der Waals surface area contributed by atoms with Crippen LogP contribution in [0.15, 0.2) is 60.1 Å².